The van der Waals surface area contributed by atoms with Crippen LogP contribution < -0.4 is 10.1 Å². The van der Waals surface area contributed by atoms with Crippen LogP contribution in [0.1, 0.15) is 19.8 Å². The average Bonchev–Trinajstić information content (AvgIpc) is 2.59. The SMILES string of the molecule is CCCCN(CCO)C(=O)Nc1cccc(Oc2ccccc2)c1. The molecule has 0 spiro atoms. The molecule has 0 unspecified atom stereocenters. The van der Waals surface area contributed by atoms with Gasteiger partial charge in [0.25, 0.3) is 0 Å². The minimum Gasteiger partial charge on any atom is -0.457 e. The lowest BCUT2D eigenvalue weighted by atomic mass is 10.3. The van der Waals surface area contributed by atoms with Crippen molar-refractivity contribution in [2.45, 2.75) is 19.8 Å². The van der Waals surface area contributed by atoms with E-state index in [1.165, 1.54) is 0 Å². The van der Waals surface area contributed by atoms with E-state index in [1.54, 1.807) is 11.0 Å². The number of nitrogens with one attached hydrogen (secondary N) is 1. The Morgan fingerprint density at radius 3 is 2.54 bits per heavy atom. The lowest BCUT2D eigenvalue weighted by molar-refractivity contribution is 0.187. The van der Waals surface area contributed by atoms with Gasteiger partial charge in [0.15, 0.2) is 0 Å². The van der Waals surface area contributed by atoms with Crippen molar-refractivity contribution in [2.24, 2.45) is 0 Å². The summed E-state index contributed by atoms with van der Waals surface area (Å²) in [7, 11) is 0. The van der Waals surface area contributed by atoms with E-state index in [1.807, 2.05) is 48.5 Å². The zero-order valence-corrected chi connectivity index (χ0v) is 13.9. The minimum absolute atomic E-state index is 0.0473. The maximum absolute atomic E-state index is 12.3. The first-order valence-electron chi connectivity index (χ1n) is 8.22. The Balaban J connectivity index is 2.01. The molecule has 0 aliphatic heterocycles. The largest absolute Gasteiger partial charge is 0.457 e. The van der Waals surface area contributed by atoms with Crippen molar-refractivity contribution in [1.82, 2.24) is 4.90 Å². The zero-order chi connectivity index (χ0) is 17.2. The number of aliphatic hydroxyl groups excluding tert-OH is 1. The van der Waals surface area contributed by atoms with Crippen molar-refractivity contribution in [3.63, 3.8) is 0 Å². The number of para-hydroxylation sites is 1. The van der Waals surface area contributed by atoms with Crippen LogP contribution in [0.15, 0.2) is 54.6 Å². The summed E-state index contributed by atoms with van der Waals surface area (Å²) >= 11 is 0. The summed E-state index contributed by atoms with van der Waals surface area (Å²) in [4.78, 5) is 14.0. The van der Waals surface area contributed by atoms with E-state index in [0.29, 0.717) is 24.5 Å². The van der Waals surface area contributed by atoms with Gasteiger partial charge in [-0.2, -0.15) is 0 Å². The number of ether oxygens (including phenoxy) is 1. The summed E-state index contributed by atoms with van der Waals surface area (Å²) in [6, 6.07) is 16.5. The van der Waals surface area contributed by atoms with Crippen molar-refractivity contribution in [2.75, 3.05) is 25.0 Å². The van der Waals surface area contributed by atoms with Crippen LogP contribution in [0.4, 0.5) is 10.5 Å². The Morgan fingerprint density at radius 2 is 1.83 bits per heavy atom. The first-order valence-corrected chi connectivity index (χ1v) is 8.22. The van der Waals surface area contributed by atoms with Crippen molar-refractivity contribution < 1.29 is 14.6 Å². The molecule has 0 heterocycles. The van der Waals surface area contributed by atoms with Gasteiger partial charge in [-0.3, -0.25) is 0 Å². The van der Waals surface area contributed by atoms with Gasteiger partial charge in [0.05, 0.1) is 6.61 Å². The third-order valence-corrected chi connectivity index (χ3v) is 3.50. The third-order valence-electron chi connectivity index (χ3n) is 3.50. The number of carbonyl (C=O) groups is 1. The van der Waals surface area contributed by atoms with E-state index < -0.39 is 0 Å². The molecule has 5 heteroatoms. The lowest BCUT2D eigenvalue weighted by Gasteiger charge is -2.22. The van der Waals surface area contributed by atoms with Gasteiger partial charge in [0, 0.05) is 24.8 Å². The predicted molar refractivity (Wildman–Crippen MR) is 95.5 cm³/mol. The molecule has 0 radical (unpaired) electrons. The van der Waals surface area contributed by atoms with Gasteiger partial charge in [-0.15, -0.1) is 0 Å². The first kappa shape index (κ1) is 17.8. The highest BCUT2D eigenvalue weighted by atomic mass is 16.5. The van der Waals surface area contributed by atoms with Crippen molar-refractivity contribution >= 4 is 11.7 Å². The highest BCUT2D eigenvalue weighted by Crippen LogP contribution is 2.24. The van der Waals surface area contributed by atoms with Gasteiger partial charge in [-0.25, -0.2) is 4.79 Å². The molecule has 0 bridgehead atoms. The molecule has 0 aliphatic rings. The molecule has 0 atom stereocenters. The van der Waals surface area contributed by atoms with Gasteiger partial charge in [-0.1, -0.05) is 37.6 Å². The quantitative estimate of drug-likeness (QED) is 0.767. The summed E-state index contributed by atoms with van der Waals surface area (Å²) in [6.45, 7) is 2.98. The van der Waals surface area contributed by atoms with E-state index in [0.717, 1.165) is 18.6 Å². The average molecular weight is 328 g/mol. The van der Waals surface area contributed by atoms with Gasteiger partial charge >= 0.3 is 6.03 Å². The first-order chi connectivity index (χ1) is 11.7. The van der Waals surface area contributed by atoms with Crippen LogP contribution in [0.25, 0.3) is 0 Å². The summed E-state index contributed by atoms with van der Waals surface area (Å²) < 4.78 is 5.77. The molecule has 2 aromatic carbocycles. The van der Waals surface area contributed by atoms with E-state index in [-0.39, 0.29) is 12.6 Å². The molecule has 2 rings (SSSR count). The topological polar surface area (TPSA) is 61.8 Å². The van der Waals surface area contributed by atoms with E-state index >= 15 is 0 Å². The second-order valence-corrected chi connectivity index (χ2v) is 5.44. The number of amides is 2. The lowest BCUT2D eigenvalue weighted by Crippen LogP contribution is -2.37. The summed E-state index contributed by atoms with van der Waals surface area (Å²) in [5, 5.41) is 12.0. The van der Waals surface area contributed by atoms with Crippen molar-refractivity contribution in [3.8, 4) is 11.5 Å². The predicted octanol–water partition coefficient (Wildman–Crippen LogP) is 4.11. The molecule has 2 aromatic rings. The van der Waals surface area contributed by atoms with Gasteiger partial charge < -0.3 is 20.1 Å². The molecule has 128 valence electrons. The number of aliphatic hydroxyl groups is 1. The fourth-order valence-electron chi connectivity index (χ4n) is 2.25. The molecule has 5 nitrogen and oxygen atoms in total. The smallest absolute Gasteiger partial charge is 0.321 e. The summed E-state index contributed by atoms with van der Waals surface area (Å²) in [5.41, 5.74) is 0.660. The highest BCUT2D eigenvalue weighted by Gasteiger charge is 2.12. The molecule has 2 N–H and O–H groups in total. The molecular weight excluding hydrogens is 304 g/mol. The maximum atomic E-state index is 12.3. The molecule has 0 aromatic heterocycles. The highest BCUT2D eigenvalue weighted by molar-refractivity contribution is 5.89. The standard InChI is InChI=1S/C19H24N2O3/c1-2-3-12-21(13-14-22)19(23)20-16-8-7-11-18(15-16)24-17-9-5-4-6-10-17/h4-11,15,22H,2-3,12-14H2,1H3,(H,20,23). The number of unbranched alkanes of at least 4 members (excludes halogenated alkanes) is 1. The number of carbonyl (C=O) groups excluding carboxylic acids is 1. The number of nitrogens with zero attached hydrogens (tertiary/aromatic N) is 1. The van der Waals surface area contributed by atoms with Crippen LogP contribution in [-0.2, 0) is 0 Å². The fraction of sp³-hybridized carbons (Fsp3) is 0.316. The van der Waals surface area contributed by atoms with E-state index in [2.05, 4.69) is 12.2 Å². The van der Waals surface area contributed by atoms with E-state index in [4.69, 9.17) is 9.84 Å². The Kier molecular flexibility index (Phi) is 7.11. The number of anilines is 1. The second kappa shape index (κ2) is 9.57. The van der Waals surface area contributed by atoms with Crippen LogP contribution in [0.2, 0.25) is 0 Å². The van der Waals surface area contributed by atoms with Crippen molar-refractivity contribution in [3.05, 3.63) is 54.6 Å². The minimum atomic E-state index is -0.214. The van der Waals surface area contributed by atoms with Gasteiger partial charge in [0.2, 0.25) is 0 Å². The summed E-state index contributed by atoms with van der Waals surface area (Å²) in [5.74, 6) is 1.40. The Bertz CT molecular complexity index is 632. The number of hydrogen-bond donors (Lipinski definition) is 2. The Labute approximate surface area is 142 Å². The van der Waals surface area contributed by atoms with Gasteiger partial charge in [0.1, 0.15) is 11.5 Å². The molecule has 0 fully saturated rings. The molecule has 24 heavy (non-hydrogen) atoms. The number of urea groups is 1. The second-order valence-electron chi connectivity index (χ2n) is 5.44. The molecule has 2 amide bonds. The van der Waals surface area contributed by atoms with Crippen LogP contribution in [0.5, 0.6) is 11.5 Å². The molecule has 0 saturated carbocycles. The number of hydrogen-bond acceptors (Lipinski definition) is 3. The monoisotopic (exact) mass is 328 g/mol. The Morgan fingerprint density at radius 1 is 1.08 bits per heavy atom. The molecule has 0 aliphatic carbocycles. The number of benzene rings is 2. The van der Waals surface area contributed by atoms with E-state index in [9.17, 15) is 4.79 Å². The van der Waals surface area contributed by atoms with Crippen LogP contribution in [0.3, 0.4) is 0 Å². The van der Waals surface area contributed by atoms with Crippen LogP contribution >= 0.6 is 0 Å². The molecular formula is C19H24N2O3. The number of rotatable bonds is 8. The zero-order valence-electron chi connectivity index (χ0n) is 13.9. The fourth-order valence-corrected chi connectivity index (χ4v) is 2.25. The van der Waals surface area contributed by atoms with Crippen molar-refractivity contribution in [1.29, 1.82) is 0 Å². The van der Waals surface area contributed by atoms with Crippen LogP contribution in [0, 0.1) is 0 Å². The third kappa shape index (κ3) is 5.59. The van der Waals surface area contributed by atoms with Crippen LogP contribution in [-0.4, -0.2) is 35.7 Å². The maximum Gasteiger partial charge on any atom is 0.321 e. The Hall–Kier alpha value is -2.53. The summed E-state index contributed by atoms with van der Waals surface area (Å²) in [6.07, 6.45) is 1.90. The van der Waals surface area contributed by atoms with Gasteiger partial charge in [-0.05, 0) is 30.7 Å². The molecule has 0 saturated heterocycles. The normalized spacial score (nSPS) is 10.2.